The number of aromatic nitrogens is 1. The van der Waals surface area contributed by atoms with Gasteiger partial charge in [-0.2, -0.15) is 0 Å². The SMILES string of the molecule is CCS(=O)(=O)c1ccc(OC)c(-c2ccc(CN3CCCCC3C)[nH]2)c1. The molecule has 26 heavy (non-hydrogen) atoms. The fourth-order valence-corrected chi connectivity index (χ4v) is 4.46. The van der Waals surface area contributed by atoms with E-state index in [2.05, 4.69) is 22.9 Å². The molecular weight excluding hydrogens is 348 g/mol. The molecule has 0 amide bonds. The van der Waals surface area contributed by atoms with E-state index in [1.807, 2.05) is 6.07 Å². The number of hydrogen-bond donors (Lipinski definition) is 1. The van der Waals surface area contributed by atoms with Crippen LogP contribution in [0.3, 0.4) is 0 Å². The first-order chi connectivity index (χ1) is 12.4. The molecule has 1 aromatic carbocycles. The minimum absolute atomic E-state index is 0.0849. The van der Waals surface area contributed by atoms with E-state index in [0.717, 1.165) is 30.0 Å². The van der Waals surface area contributed by atoms with Gasteiger partial charge < -0.3 is 9.72 Å². The van der Waals surface area contributed by atoms with Crippen molar-refractivity contribution >= 4 is 9.84 Å². The lowest BCUT2D eigenvalue weighted by Gasteiger charge is -2.32. The van der Waals surface area contributed by atoms with Crippen molar-refractivity contribution in [3.8, 4) is 17.0 Å². The predicted octanol–water partition coefficient (Wildman–Crippen LogP) is 3.86. The van der Waals surface area contributed by atoms with Crippen LogP contribution in [0.15, 0.2) is 35.2 Å². The Morgan fingerprint density at radius 3 is 2.73 bits per heavy atom. The molecule has 0 aliphatic carbocycles. The number of sulfone groups is 1. The van der Waals surface area contributed by atoms with Crippen LogP contribution in [0.4, 0.5) is 0 Å². The van der Waals surface area contributed by atoms with E-state index in [-0.39, 0.29) is 5.75 Å². The summed E-state index contributed by atoms with van der Waals surface area (Å²) < 4.78 is 29.9. The largest absolute Gasteiger partial charge is 0.496 e. The zero-order valence-electron chi connectivity index (χ0n) is 15.8. The minimum Gasteiger partial charge on any atom is -0.496 e. The predicted molar refractivity (Wildman–Crippen MR) is 104 cm³/mol. The van der Waals surface area contributed by atoms with Crippen molar-refractivity contribution in [2.75, 3.05) is 19.4 Å². The number of methoxy groups -OCH3 is 1. The number of aromatic amines is 1. The molecule has 0 spiro atoms. The van der Waals surface area contributed by atoms with Crippen LogP contribution in [0.25, 0.3) is 11.3 Å². The molecular formula is C20H28N2O3S. The van der Waals surface area contributed by atoms with Crippen LogP contribution in [0.1, 0.15) is 38.8 Å². The molecule has 1 atom stereocenters. The van der Waals surface area contributed by atoms with Gasteiger partial charge in [0, 0.05) is 29.5 Å². The Hall–Kier alpha value is -1.79. The number of ether oxygens (including phenoxy) is 1. The molecule has 2 heterocycles. The van der Waals surface area contributed by atoms with Gasteiger partial charge in [0.1, 0.15) is 5.75 Å². The topological polar surface area (TPSA) is 62.4 Å². The van der Waals surface area contributed by atoms with Crippen LogP contribution in [0, 0.1) is 0 Å². The maximum atomic E-state index is 12.2. The third kappa shape index (κ3) is 3.96. The van der Waals surface area contributed by atoms with Crippen molar-refractivity contribution in [3.63, 3.8) is 0 Å². The molecule has 0 bridgehead atoms. The van der Waals surface area contributed by atoms with E-state index >= 15 is 0 Å². The van der Waals surface area contributed by atoms with E-state index in [1.165, 1.54) is 19.3 Å². The summed E-state index contributed by atoms with van der Waals surface area (Å²) in [7, 11) is -1.65. The Morgan fingerprint density at radius 1 is 1.23 bits per heavy atom. The van der Waals surface area contributed by atoms with Gasteiger partial charge >= 0.3 is 0 Å². The smallest absolute Gasteiger partial charge is 0.178 e. The van der Waals surface area contributed by atoms with Crippen LogP contribution >= 0.6 is 0 Å². The fraction of sp³-hybridized carbons (Fsp3) is 0.500. The van der Waals surface area contributed by atoms with Crippen molar-refractivity contribution in [3.05, 3.63) is 36.0 Å². The van der Waals surface area contributed by atoms with E-state index < -0.39 is 9.84 Å². The molecule has 0 saturated carbocycles. The van der Waals surface area contributed by atoms with Crippen molar-refractivity contribution in [1.82, 2.24) is 9.88 Å². The number of nitrogens with zero attached hydrogens (tertiary/aromatic N) is 1. The lowest BCUT2D eigenvalue weighted by molar-refractivity contribution is 0.151. The second-order valence-electron chi connectivity index (χ2n) is 6.98. The number of piperidine rings is 1. The molecule has 1 fully saturated rings. The Morgan fingerprint density at radius 2 is 2.04 bits per heavy atom. The summed E-state index contributed by atoms with van der Waals surface area (Å²) in [5.41, 5.74) is 2.80. The van der Waals surface area contributed by atoms with Gasteiger partial charge in [-0.15, -0.1) is 0 Å². The Bertz CT molecular complexity index is 858. The Labute approximate surface area is 156 Å². The first kappa shape index (κ1) is 19.0. The third-order valence-corrected chi connectivity index (χ3v) is 6.99. The zero-order valence-corrected chi connectivity index (χ0v) is 16.6. The lowest BCUT2D eigenvalue weighted by atomic mass is 10.0. The number of hydrogen-bond acceptors (Lipinski definition) is 4. The molecule has 2 aromatic rings. The zero-order chi connectivity index (χ0) is 18.7. The summed E-state index contributed by atoms with van der Waals surface area (Å²) in [6.45, 7) is 5.95. The number of nitrogens with one attached hydrogen (secondary N) is 1. The van der Waals surface area contributed by atoms with Gasteiger partial charge in [-0.3, -0.25) is 4.90 Å². The van der Waals surface area contributed by atoms with Crippen molar-refractivity contribution in [2.45, 2.75) is 50.6 Å². The molecule has 6 heteroatoms. The summed E-state index contributed by atoms with van der Waals surface area (Å²) in [5.74, 6) is 0.751. The maximum absolute atomic E-state index is 12.2. The second kappa shape index (κ2) is 7.84. The summed E-state index contributed by atoms with van der Waals surface area (Å²) in [5, 5.41) is 0. The highest BCUT2D eigenvalue weighted by Gasteiger charge is 2.20. The third-order valence-electron chi connectivity index (χ3n) is 5.26. The second-order valence-corrected chi connectivity index (χ2v) is 9.26. The maximum Gasteiger partial charge on any atom is 0.178 e. The van der Waals surface area contributed by atoms with Crippen molar-refractivity contribution in [1.29, 1.82) is 0 Å². The van der Waals surface area contributed by atoms with Crippen LogP contribution < -0.4 is 4.74 Å². The number of rotatable bonds is 6. The van der Waals surface area contributed by atoms with E-state index in [4.69, 9.17) is 4.74 Å². The summed E-state index contributed by atoms with van der Waals surface area (Å²) in [6, 6.07) is 9.73. The molecule has 1 aromatic heterocycles. The molecule has 3 rings (SSSR count). The van der Waals surface area contributed by atoms with Crippen molar-refractivity contribution < 1.29 is 13.2 Å². The molecule has 1 aliphatic rings. The van der Waals surface area contributed by atoms with E-state index in [1.54, 1.807) is 32.2 Å². The van der Waals surface area contributed by atoms with Gasteiger partial charge in [-0.05, 0) is 56.6 Å². The minimum atomic E-state index is -3.25. The standard InChI is InChI=1S/C20H28N2O3S/c1-4-26(23,24)17-9-11-20(25-3)18(13-17)19-10-8-16(21-19)14-22-12-6-5-7-15(22)2/h8-11,13,15,21H,4-7,12,14H2,1-3H3. The normalized spacial score (nSPS) is 18.8. The van der Waals surface area contributed by atoms with Gasteiger partial charge in [0.05, 0.1) is 17.8 Å². The first-order valence-electron chi connectivity index (χ1n) is 9.27. The lowest BCUT2D eigenvalue weighted by Crippen LogP contribution is -2.36. The monoisotopic (exact) mass is 376 g/mol. The van der Waals surface area contributed by atoms with E-state index in [0.29, 0.717) is 16.7 Å². The average molecular weight is 377 g/mol. The van der Waals surface area contributed by atoms with E-state index in [9.17, 15) is 8.42 Å². The summed E-state index contributed by atoms with van der Waals surface area (Å²) in [6.07, 6.45) is 3.81. The van der Waals surface area contributed by atoms with Gasteiger partial charge in [-0.25, -0.2) is 8.42 Å². The van der Waals surface area contributed by atoms with Gasteiger partial charge in [0.15, 0.2) is 9.84 Å². The summed E-state index contributed by atoms with van der Waals surface area (Å²) >= 11 is 0. The van der Waals surface area contributed by atoms with Crippen LogP contribution in [-0.4, -0.2) is 43.8 Å². The summed E-state index contributed by atoms with van der Waals surface area (Å²) in [4.78, 5) is 6.28. The molecule has 5 nitrogen and oxygen atoms in total. The Kier molecular flexibility index (Phi) is 5.73. The fourth-order valence-electron chi connectivity index (χ4n) is 3.56. The van der Waals surface area contributed by atoms with Crippen LogP contribution in [-0.2, 0) is 16.4 Å². The number of benzene rings is 1. The molecule has 1 unspecified atom stereocenters. The van der Waals surface area contributed by atoms with Crippen molar-refractivity contribution in [2.24, 2.45) is 0 Å². The highest BCUT2D eigenvalue weighted by molar-refractivity contribution is 7.91. The average Bonchev–Trinajstić information content (AvgIpc) is 3.11. The molecule has 142 valence electrons. The highest BCUT2D eigenvalue weighted by atomic mass is 32.2. The first-order valence-corrected chi connectivity index (χ1v) is 10.9. The number of likely N-dealkylation sites (tertiary alicyclic amines) is 1. The van der Waals surface area contributed by atoms with Crippen LogP contribution in [0.5, 0.6) is 5.75 Å². The van der Waals surface area contributed by atoms with Crippen LogP contribution in [0.2, 0.25) is 0 Å². The van der Waals surface area contributed by atoms with Gasteiger partial charge in [-0.1, -0.05) is 13.3 Å². The molecule has 1 saturated heterocycles. The highest BCUT2D eigenvalue weighted by Crippen LogP contribution is 2.32. The Balaban J connectivity index is 1.89. The van der Waals surface area contributed by atoms with Gasteiger partial charge in [0.2, 0.25) is 0 Å². The molecule has 1 aliphatic heterocycles. The van der Waals surface area contributed by atoms with Gasteiger partial charge in [0.25, 0.3) is 0 Å². The molecule has 1 N–H and O–H groups in total. The molecule has 0 radical (unpaired) electrons. The quantitative estimate of drug-likeness (QED) is 0.832. The number of H-pyrrole nitrogens is 1.